The molecule has 0 aliphatic carbocycles. The highest BCUT2D eigenvalue weighted by Gasteiger charge is 2.21. The summed E-state index contributed by atoms with van der Waals surface area (Å²) in [6, 6.07) is 22.9. The number of carbonyl (C=O) groups excluding carboxylic acids is 2. The molecule has 2 N–H and O–H groups in total. The molecule has 1 aromatic heterocycles. The first-order valence-corrected chi connectivity index (χ1v) is 14.3. The molecule has 0 radical (unpaired) electrons. The number of benzene rings is 3. The van der Waals surface area contributed by atoms with E-state index >= 15 is 0 Å². The van der Waals surface area contributed by atoms with Crippen LogP contribution in [0.5, 0.6) is 0 Å². The SMILES string of the molecule is CCOC(=O)c1sc(-c2cccc(NC(=O)c3ccc(N(C)C)cc3)c2)nc1Nc1ccc(N2CCOCC2)cc1. The third-order valence-electron chi connectivity index (χ3n) is 6.61. The van der Waals surface area contributed by atoms with Crippen molar-refractivity contribution >= 4 is 51.8 Å². The van der Waals surface area contributed by atoms with E-state index in [9.17, 15) is 9.59 Å². The van der Waals surface area contributed by atoms with Gasteiger partial charge in [-0.2, -0.15) is 0 Å². The second-order valence-electron chi connectivity index (χ2n) is 9.66. The van der Waals surface area contributed by atoms with Crippen LogP contribution in [0.2, 0.25) is 0 Å². The first-order chi connectivity index (χ1) is 19.9. The van der Waals surface area contributed by atoms with Crippen LogP contribution in [-0.2, 0) is 9.47 Å². The van der Waals surface area contributed by atoms with Crippen LogP contribution in [0.4, 0.5) is 28.6 Å². The molecule has 0 saturated carbocycles. The van der Waals surface area contributed by atoms with Gasteiger partial charge in [-0.05, 0) is 67.6 Å². The molecule has 1 aliphatic rings. The minimum atomic E-state index is -0.436. The fourth-order valence-corrected chi connectivity index (χ4v) is 5.33. The molecule has 212 valence electrons. The van der Waals surface area contributed by atoms with Crippen LogP contribution in [0.25, 0.3) is 10.6 Å². The third-order valence-corrected chi connectivity index (χ3v) is 7.69. The van der Waals surface area contributed by atoms with Gasteiger partial charge >= 0.3 is 5.97 Å². The van der Waals surface area contributed by atoms with Crippen LogP contribution < -0.4 is 20.4 Å². The Balaban J connectivity index is 1.35. The summed E-state index contributed by atoms with van der Waals surface area (Å²) in [5.41, 5.74) is 4.91. The summed E-state index contributed by atoms with van der Waals surface area (Å²) in [6.45, 7) is 5.20. The number of anilines is 5. The first-order valence-electron chi connectivity index (χ1n) is 13.5. The van der Waals surface area contributed by atoms with Crippen LogP contribution in [0.1, 0.15) is 27.0 Å². The smallest absolute Gasteiger partial charge is 0.352 e. The maximum Gasteiger partial charge on any atom is 0.352 e. The number of rotatable bonds is 9. The minimum absolute atomic E-state index is 0.207. The van der Waals surface area contributed by atoms with Gasteiger partial charge in [-0.1, -0.05) is 12.1 Å². The summed E-state index contributed by atoms with van der Waals surface area (Å²) in [7, 11) is 3.91. The Kier molecular flexibility index (Phi) is 8.81. The molecule has 3 aromatic carbocycles. The number of hydrogen-bond acceptors (Lipinski definition) is 9. The van der Waals surface area contributed by atoms with Gasteiger partial charge in [0.2, 0.25) is 0 Å². The maximum atomic E-state index is 12.9. The molecule has 1 aliphatic heterocycles. The molecular formula is C31H33N5O4S. The molecule has 0 unspecified atom stereocenters. The Labute approximate surface area is 243 Å². The highest BCUT2D eigenvalue weighted by Crippen LogP contribution is 2.35. The lowest BCUT2D eigenvalue weighted by Gasteiger charge is -2.28. The molecule has 41 heavy (non-hydrogen) atoms. The van der Waals surface area contributed by atoms with Crippen LogP contribution in [0.3, 0.4) is 0 Å². The van der Waals surface area contributed by atoms with E-state index in [0.29, 0.717) is 27.0 Å². The van der Waals surface area contributed by atoms with E-state index < -0.39 is 5.97 Å². The quantitative estimate of drug-likeness (QED) is 0.240. The summed E-state index contributed by atoms with van der Waals surface area (Å²) in [6.07, 6.45) is 0. The van der Waals surface area contributed by atoms with Crippen molar-refractivity contribution in [2.24, 2.45) is 0 Å². The fraction of sp³-hybridized carbons (Fsp3) is 0.258. The largest absolute Gasteiger partial charge is 0.462 e. The van der Waals surface area contributed by atoms with Crippen molar-refractivity contribution < 1.29 is 19.1 Å². The normalized spacial score (nSPS) is 13.0. The van der Waals surface area contributed by atoms with E-state index in [0.717, 1.165) is 48.9 Å². The Bertz CT molecular complexity index is 1500. The number of ether oxygens (including phenoxy) is 2. The van der Waals surface area contributed by atoms with Gasteiger partial charge in [-0.25, -0.2) is 9.78 Å². The second kappa shape index (κ2) is 12.8. The third kappa shape index (κ3) is 6.85. The van der Waals surface area contributed by atoms with Crippen LogP contribution in [0, 0.1) is 0 Å². The Morgan fingerprint density at radius 2 is 1.73 bits per heavy atom. The lowest BCUT2D eigenvalue weighted by atomic mass is 10.1. The Hall–Kier alpha value is -4.41. The van der Waals surface area contributed by atoms with E-state index in [1.54, 1.807) is 19.1 Å². The summed E-state index contributed by atoms with van der Waals surface area (Å²) in [5, 5.41) is 6.89. The van der Waals surface area contributed by atoms with Crippen molar-refractivity contribution in [3.05, 3.63) is 83.2 Å². The van der Waals surface area contributed by atoms with Crippen molar-refractivity contribution in [1.82, 2.24) is 4.98 Å². The number of thiazole rings is 1. The lowest BCUT2D eigenvalue weighted by molar-refractivity contribution is 0.0533. The van der Waals surface area contributed by atoms with E-state index in [1.165, 1.54) is 11.3 Å². The van der Waals surface area contributed by atoms with Gasteiger partial charge in [0, 0.05) is 61.1 Å². The van der Waals surface area contributed by atoms with Crippen molar-refractivity contribution in [3.63, 3.8) is 0 Å². The highest BCUT2D eigenvalue weighted by atomic mass is 32.1. The zero-order valence-electron chi connectivity index (χ0n) is 23.3. The summed E-state index contributed by atoms with van der Waals surface area (Å²) in [4.78, 5) is 35.1. The number of amides is 1. The Morgan fingerprint density at radius 1 is 1.00 bits per heavy atom. The van der Waals surface area contributed by atoms with Crippen molar-refractivity contribution in [3.8, 4) is 10.6 Å². The number of nitrogens with one attached hydrogen (secondary N) is 2. The number of nitrogens with zero attached hydrogens (tertiary/aromatic N) is 3. The van der Waals surface area contributed by atoms with Gasteiger partial charge in [0.25, 0.3) is 5.91 Å². The standard InChI is InChI=1S/C31H33N5O4S/c1-4-40-31(38)27-28(32-23-10-14-26(15-11-23)36-16-18-39-19-17-36)34-30(41-27)22-6-5-7-24(20-22)33-29(37)21-8-12-25(13-9-21)35(2)3/h5-15,20,32H,4,16-19H2,1-3H3,(H,33,37). The summed E-state index contributed by atoms with van der Waals surface area (Å²) >= 11 is 1.25. The van der Waals surface area contributed by atoms with Crippen LogP contribution >= 0.6 is 11.3 Å². The lowest BCUT2D eigenvalue weighted by Crippen LogP contribution is -2.36. The molecule has 4 aromatic rings. The van der Waals surface area contributed by atoms with Gasteiger partial charge in [0.15, 0.2) is 10.7 Å². The van der Waals surface area contributed by atoms with Crippen molar-refractivity contribution in [2.75, 3.05) is 67.4 Å². The molecular weight excluding hydrogens is 538 g/mol. The molecule has 10 heteroatoms. The van der Waals surface area contributed by atoms with Gasteiger partial charge in [-0.3, -0.25) is 4.79 Å². The van der Waals surface area contributed by atoms with Crippen molar-refractivity contribution in [2.45, 2.75) is 6.92 Å². The van der Waals surface area contributed by atoms with Crippen LogP contribution in [0.15, 0.2) is 72.8 Å². The predicted molar refractivity (Wildman–Crippen MR) is 165 cm³/mol. The van der Waals surface area contributed by atoms with Gasteiger partial charge in [0.1, 0.15) is 5.01 Å². The fourth-order valence-electron chi connectivity index (χ4n) is 4.42. The van der Waals surface area contributed by atoms with E-state index in [2.05, 4.69) is 15.5 Å². The van der Waals surface area contributed by atoms with Gasteiger partial charge < -0.3 is 29.9 Å². The maximum absolute atomic E-state index is 12.9. The number of aromatic nitrogens is 1. The van der Waals surface area contributed by atoms with E-state index in [-0.39, 0.29) is 12.5 Å². The summed E-state index contributed by atoms with van der Waals surface area (Å²) < 4.78 is 10.8. The zero-order chi connectivity index (χ0) is 28.8. The molecule has 9 nitrogen and oxygen atoms in total. The monoisotopic (exact) mass is 571 g/mol. The molecule has 0 bridgehead atoms. The average molecular weight is 572 g/mol. The summed E-state index contributed by atoms with van der Waals surface area (Å²) in [5.74, 6) is -0.214. The minimum Gasteiger partial charge on any atom is -0.462 e. The molecule has 1 fully saturated rings. The number of morpholine rings is 1. The zero-order valence-corrected chi connectivity index (χ0v) is 24.2. The first kappa shape index (κ1) is 28.1. The second-order valence-corrected chi connectivity index (χ2v) is 10.7. The highest BCUT2D eigenvalue weighted by molar-refractivity contribution is 7.17. The van der Waals surface area contributed by atoms with E-state index in [4.69, 9.17) is 14.5 Å². The molecule has 1 saturated heterocycles. The van der Waals surface area contributed by atoms with E-state index in [1.807, 2.05) is 79.7 Å². The number of esters is 1. The molecule has 1 amide bonds. The molecule has 0 atom stereocenters. The number of hydrogen-bond donors (Lipinski definition) is 2. The topological polar surface area (TPSA) is 96.0 Å². The average Bonchev–Trinajstić information content (AvgIpc) is 3.42. The number of carbonyl (C=O) groups is 2. The van der Waals surface area contributed by atoms with Gasteiger partial charge in [0.05, 0.1) is 19.8 Å². The van der Waals surface area contributed by atoms with Gasteiger partial charge in [-0.15, -0.1) is 11.3 Å². The Morgan fingerprint density at radius 3 is 2.41 bits per heavy atom. The predicted octanol–water partition coefficient (Wildman–Crippen LogP) is 5.89. The molecule has 2 heterocycles. The molecule has 5 rings (SSSR count). The van der Waals surface area contributed by atoms with Crippen molar-refractivity contribution in [1.29, 1.82) is 0 Å². The molecule has 0 spiro atoms. The van der Waals surface area contributed by atoms with Crippen LogP contribution in [-0.4, -0.2) is 63.9 Å².